The Morgan fingerprint density at radius 1 is 1.40 bits per heavy atom. The monoisotopic (exact) mass is 146 g/mol. The topological polar surface area (TPSA) is 49.7 Å². The van der Waals surface area contributed by atoms with Crippen molar-refractivity contribution in [2.75, 3.05) is 13.2 Å². The largest absolute Gasteiger partial charge is 0.396 e. The Morgan fingerprint density at radius 2 is 2.10 bits per heavy atom. The summed E-state index contributed by atoms with van der Waals surface area (Å²) in [5.74, 6) is 0.139. The average molecular weight is 146 g/mol. The van der Waals surface area contributed by atoms with E-state index in [0.717, 1.165) is 6.42 Å². The summed E-state index contributed by atoms with van der Waals surface area (Å²) < 4.78 is 5.30. The number of ether oxygens (including phenoxy) is 1. The molecule has 0 radical (unpaired) electrons. The minimum atomic E-state index is -0.139. The third kappa shape index (κ3) is 1.48. The van der Waals surface area contributed by atoms with Crippen LogP contribution < -0.4 is 0 Å². The van der Waals surface area contributed by atoms with E-state index in [4.69, 9.17) is 14.9 Å². The van der Waals surface area contributed by atoms with Crippen LogP contribution in [0.5, 0.6) is 0 Å². The van der Waals surface area contributed by atoms with E-state index in [0.29, 0.717) is 0 Å². The van der Waals surface area contributed by atoms with Gasteiger partial charge in [-0.1, -0.05) is 0 Å². The van der Waals surface area contributed by atoms with E-state index < -0.39 is 0 Å². The molecule has 1 saturated heterocycles. The fraction of sp³-hybridized carbons (Fsp3) is 1.00. The van der Waals surface area contributed by atoms with Gasteiger partial charge in [0.1, 0.15) is 0 Å². The molecule has 3 atom stereocenters. The van der Waals surface area contributed by atoms with Gasteiger partial charge in [-0.2, -0.15) is 0 Å². The normalized spacial score (nSPS) is 40.5. The molecule has 0 saturated carbocycles. The molecule has 10 heavy (non-hydrogen) atoms. The molecule has 3 heteroatoms. The molecule has 2 N–H and O–H groups in total. The molecule has 0 aromatic carbocycles. The summed E-state index contributed by atoms with van der Waals surface area (Å²) in [6.07, 6.45) is 0.913. The molecule has 1 aliphatic rings. The van der Waals surface area contributed by atoms with Crippen molar-refractivity contribution in [2.24, 2.45) is 5.92 Å². The maximum absolute atomic E-state index is 8.79. The summed E-state index contributed by atoms with van der Waals surface area (Å²) in [5.41, 5.74) is 0. The van der Waals surface area contributed by atoms with Crippen molar-refractivity contribution < 1.29 is 14.9 Å². The zero-order valence-electron chi connectivity index (χ0n) is 6.16. The Balaban J connectivity index is 2.41. The smallest absolute Gasteiger partial charge is 0.0860 e. The van der Waals surface area contributed by atoms with Gasteiger partial charge >= 0.3 is 0 Å². The fourth-order valence-corrected chi connectivity index (χ4v) is 1.43. The maximum atomic E-state index is 8.79. The van der Waals surface area contributed by atoms with Crippen LogP contribution in [0.3, 0.4) is 0 Å². The first-order chi connectivity index (χ1) is 4.77. The van der Waals surface area contributed by atoms with Crippen molar-refractivity contribution >= 4 is 0 Å². The van der Waals surface area contributed by atoms with Crippen LogP contribution in [-0.4, -0.2) is 35.6 Å². The summed E-state index contributed by atoms with van der Waals surface area (Å²) in [7, 11) is 0. The Kier molecular flexibility index (Phi) is 2.65. The van der Waals surface area contributed by atoms with Gasteiger partial charge in [0.2, 0.25) is 0 Å². The summed E-state index contributed by atoms with van der Waals surface area (Å²) in [6, 6.07) is 0. The third-order valence-electron chi connectivity index (χ3n) is 1.98. The zero-order chi connectivity index (χ0) is 7.56. The molecule has 1 heterocycles. The van der Waals surface area contributed by atoms with Crippen molar-refractivity contribution in [3.05, 3.63) is 0 Å². The summed E-state index contributed by atoms with van der Waals surface area (Å²) >= 11 is 0. The van der Waals surface area contributed by atoms with Gasteiger partial charge in [0.15, 0.2) is 0 Å². The second-order valence-electron chi connectivity index (χ2n) is 2.85. The van der Waals surface area contributed by atoms with Gasteiger partial charge in [-0.15, -0.1) is 0 Å². The Hall–Kier alpha value is -0.120. The standard InChI is InChI=1S/C7H14O3/c1-5-2-6(3-8)7(4-9)10-5/h5-9H,2-4H2,1H3/t5?,6-,7+/m0/s1. The number of hydrogen-bond donors (Lipinski definition) is 2. The van der Waals surface area contributed by atoms with Gasteiger partial charge in [0, 0.05) is 12.5 Å². The van der Waals surface area contributed by atoms with E-state index in [1.807, 2.05) is 6.92 Å². The van der Waals surface area contributed by atoms with E-state index >= 15 is 0 Å². The predicted octanol–water partition coefficient (Wildman–Crippen LogP) is -0.235. The first-order valence-corrected chi connectivity index (χ1v) is 3.65. The van der Waals surface area contributed by atoms with Crippen LogP contribution in [0.1, 0.15) is 13.3 Å². The van der Waals surface area contributed by atoms with Crippen molar-refractivity contribution in [3.63, 3.8) is 0 Å². The Bertz CT molecular complexity index is 93.0. The van der Waals surface area contributed by atoms with Gasteiger partial charge in [0.05, 0.1) is 18.8 Å². The molecular formula is C7H14O3. The molecule has 3 nitrogen and oxygen atoms in total. The van der Waals surface area contributed by atoms with Gasteiger partial charge in [-0.3, -0.25) is 0 Å². The molecule has 60 valence electrons. The lowest BCUT2D eigenvalue weighted by Gasteiger charge is -2.12. The maximum Gasteiger partial charge on any atom is 0.0860 e. The van der Waals surface area contributed by atoms with Crippen LogP contribution in [0.4, 0.5) is 0 Å². The number of rotatable bonds is 2. The first-order valence-electron chi connectivity index (χ1n) is 3.65. The zero-order valence-corrected chi connectivity index (χ0v) is 6.16. The van der Waals surface area contributed by atoms with Crippen LogP contribution in [-0.2, 0) is 4.74 Å². The van der Waals surface area contributed by atoms with Crippen molar-refractivity contribution in [3.8, 4) is 0 Å². The lowest BCUT2D eigenvalue weighted by molar-refractivity contribution is -0.00108. The SMILES string of the molecule is CC1C[C@@H](CO)[C@@H](CO)O1. The highest BCUT2D eigenvalue weighted by Gasteiger charge is 2.31. The van der Waals surface area contributed by atoms with Crippen LogP contribution in [0.25, 0.3) is 0 Å². The second kappa shape index (κ2) is 3.32. The van der Waals surface area contributed by atoms with Crippen LogP contribution in [0, 0.1) is 5.92 Å². The molecule has 1 aliphatic heterocycles. The predicted molar refractivity (Wildman–Crippen MR) is 36.6 cm³/mol. The third-order valence-corrected chi connectivity index (χ3v) is 1.98. The number of aliphatic hydroxyl groups is 2. The Labute approximate surface area is 60.6 Å². The molecule has 0 amide bonds. The Morgan fingerprint density at radius 3 is 2.50 bits per heavy atom. The molecule has 0 spiro atoms. The first kappa shape index (κ1) is 7.98. The van der Waals surface area contributed by atoms with Gasteiger partial charge < -0.3 is 14.9 Å². The minimum Gasteiger partial charge on any atom is -0.396 e. The quantitative estimate of drug-likeness (QED) is 0.565. The van der Waals surface area contributed by atoms with Gasteiger partial charge in [-0.05, 0) is 13.3 Å². The molecule has 1 unspecified atom stereocenters. The molecule has 0 aliphatic carbocycles. The summed E-state index contributed by atoms with van der Waals surface area (Å²) in [6.45, 7) is 2.10. The van der Waals surface area contributed by atoms with Crippen LogP contribution >= 0.6 is 0 Å². The minimum absolute atomic E-state index is 0.0234. The van der Waals surface area contributed by atoms with E-state index in [1.54, 1.807) is 0 Å². The highest BCUT2D eigenvalue weighted by molar-refractivity contribution is 4.78. The van der Waals surface area contributed by atoms with Gasteiger partial charge in [0.25, 0.3) is 0 Å². The van der Waals surface area contributed by atoms with E-state index in [1.165, 1.54) is 0 Å². The molecule has 0 aromatic rings. The highest BCUT2D eigenvalue weighted by Crippen LogP contribution is 2.25. The summed E-state index contributed by atoms with van der Waals surface area (Å²) in [5, 5.41) is 17.5. The van der Waals surface area contributed by atoms with Crippen LogP contribution in [0.15, 0.2) is 0 Å². The van der Waals surface area contributed by atoms with Crippen LogP contribution in [0.2, 0.25) is 0 Å². The van der Waals surface area contributed by atoms with Crippen molar-refractivity contribution in [2.45, 2.75) is 25.6 Å². The fourth-order valence-electron chi connectivity index (χ4n) is 1.43. The average Bonchev–Trinajstić information content (AvgIpc) is 2.30. The molecular weight excluding hydrogens is 132 g/mol. The lowest BCUT2D eigenvalue weighted by Crippen LogP contribution is -2.22. The van der Waals surface area contributed by atoms with Gasteiger partial charge in [-0.25, -0.2) is 0 Å². The second-order valence-corrected chi connectivity index (χ2v) is 2.85. The molecule has 0 bridgehead atoms. The van der Waals surface area contributed by atoms with Crippen molar-refractivity contribution in [1.82, 2.24) is 0 Å². The highest BCUT2D eigenvalue weighted by atomic mass is 16.5. The van der Waals surface area contributed by atoms with E-state index in [-0.39, 0.29) is 31.3 Å². The molecule has 1 fully saturated rings. The van der Waals surface area contributed by atoms with E-state index in [9.17, 15) is 0 Å². The van der Waals surface area contributed by atoms with E-state index in [2.05, 4.69) is 0 Å². The van der Waals surface area contributed by atoms with Crippen molar-refractivity contribution in [1.29, 1.82) is 0 Å². The molecule has 1 rings (SSSR count). The number of hydrogen-bond acceptors (Lipinski definition) is 3. The number of aliphatic hydroxyl groups excluding tert-OH is 2. The molecule has 0 aromatic heterocycles. The summed E-state index contributed by atoms with van der Waals surface area (Å²) in [4.78, 5) is 0. The lowest BCUT2D eigenvalue weighted by atomic mass is 10.0.